The van der Waals surface area contributed by atoms with Crippen LogP contribution in [0.3, 0.4) is 0 Å². The highest BCUT2D eigenvalue weighted by Crippen LogP contribution is 2.22. The van der Waals surface area contributed by atoms with Crippen LogP contribution >= 0.6 is 15.9 Å². The summed E-state index contributed by atoms with van der Waals surface area (Å²) < 4.78 is 1.00. The first kappa shape index (κ1) is 12.4. The summed E-state index contributed by atoms with van der Waals surface area (Å²) in [4.78, 5) is 12.5. The van der Waals surface area contributed by atoms with Crippen molar-refractivity contribution in [1.29, 1.82) is 0 Å². The third kappa shape index (κ3) is 2.79. The Hall–Kier alpha value is -1.07. The van der Waals surface area contributed by atoms with Crippen LogP contribution in [0.4, 0.5) is 4.79 Å². The van der Waals surface area contributed by atoms with Crippen molar-refractivity contribution in [3.63, 3.8) is 0 Å². The van der Waals surface area contributed by atoms with Crippen molar-refractivity contribution < 1.29 is 9.90 Å². The van der Waals surface area contributed by atoms with E-state index in [-0.39, 0.29) is 12.1 Å². The molecule has 0 bridgehead atoms. The SMILES string of the molecule is N[C@H]1CCN(C(=O)O)[C@H]1Cc1cccc(Br)c1. The average molecular weight is 299 g/mol. The minimum Gasteiger partial charge on any atom is -0.465 e. The van der Waals surface area contributed by atoms with E-state index in [1.807, 2.05) is 24.3 Å². The Morgan fingerprint density at radius 2 is 2.35 bits per heavy atom. The third-order valence-electron chi connectivity index (χ3n) is 3.18. The Kier molecular flexibility index (Phi) is 3.69. The lowest BCUT2D eigenvalue weighted by atomic mass is 10.0. The summed E-state index contributed by atoms with van der Waals surface area (Å²) in [6.07, 6.45) is 0.538. The Morgan fingerprint density at radius 3 is 3.00 bits per heavy atom. The van der Waals surface area contributed by atoms with Crippen LogP contribution in [-0.4, -0.2) is 34.7 Å². The first-order valence-electron chi connectivity index (χ1n) is 5.57. The Bertz CT molecular complexity index is 425. The van der Waals surface area contributed by atoms with E-state index in [1.165, 1.54) is 4.90 Å². The lowest BCUT2D eigenvalue weighted by molar-refractivity contribution is 0.138. The molecule has 0 spiro atoms. The highest BCUT2D eigenvalue weighted by molar-refractivity contribution is 9.10. The zero-order valence-electron chi connectivity index (χ0n) is 9.34. The molecule has 1 aromatic carbocycles. The van der Waals surface area contributed by atoms with Gasteiger partial charge in [0.2, 0.25) is 0 Å². The third-order valence-corrected chi connectivity index (χ3v) is 3.67. The number of benzene rings is 1. The largest absolute Gasteiger partial charge is 0.465 e. The number of halogens is 1. The zero-order chi connectivity index (χ0) is 12.4. The summed E-state index contributed by atoms with van der Waals surface area (Å²) in [5.74, 6) is 0. The molecule has 0 saturated carbocycles. The van der Waals surface area contributed by atoms with Crippen LogP contribution < -0.4 is 5.73 Å². The lowest BCUT2D eigenvalue weighted by Crippen LogP contribution is -2.43. The second kappa shape index (κ2) is 5.06. The van der Waals surface area contributed by atoms with Crippen LogP contribution in [0, 0.1) is 0 Å². The summed E-state index contributed by atoms with van der Waals surface area (Å²) >= 11 is 3.41. The first-order chi connectivity index (χ1) is 8.08. The van der Waals surface area contributed by atoms with Crippen molar-refractivity contribution in [2.45, 2.75) is 24.9 Å². The standard InChI is InChI=1S/C12H15BrN2O2/c13-9-3-1-2-8(6-9)7-11-10(14)4-5-15(11)12(16)17/h1-3,6,10-11H,4-5,7,14H2,(H,16,17)/t10-,11-/m0/s1. The van der Waals surface area contributed by atoms with Gasteiger partial charge in [0.25, 0.3) is 0 Å². The van der Waals surface area contributed by atoms with E-state index < -0.39 is 6.09 Å². The van der Waals surface area contributed by atoms with Crippen LogP contribution in [0.1, 0.15) is 12.0 Å². The highest BCUT2D eigenvalue weighted by atomic mass is 79.9. The van der Waals surface area contributed by atoms with Gasteiger partial charge < -0.3 is 15.7 Å². The van der Waals surface area contributed by atoms with E-state index in [4.69, 9.17) is 10.8 Å². The summed E-state index contributed by atoms with van der Waals surface area (Å²) in [5.41, 5.74) is 7.08. The number of hydrogen-bond donors (Lipinski definition) is 2. The molecule has 1 aliphatic rings. The molecule has 2 atom stereocenters. The van der Waals surface area contributed by atoms with Gasteiger partial charge in [-0.1, -0.05) is 28.1 Å². The normalized spacial score (nSPS) is 24.0. The van der Waals surface area contributed by atoms with Crippen LogP contribution in [0.2, 0.25) is 0 Å². The van der Waals surface area contributed by atoms with Gasteiger partial charge in [-0.3, -0.25) is 0 Å². The number of rotatable bonds is 2. The molecule has 1 fully saturated rings. The van der Waals surface area contributed by atoms with Crippen molar-refractivity contribution >= 4 is 22.0 Å². The number of amides is 1. The maximum Gasteiger partial charge on any atom is 0.407 e. The lowest BCUT2D eigenvalue weighted by Gasteiger charge is -2.24. The summed E-state index contributed by atoms with van der Waals surface area (Å²) in [5, 5.41) is 9.10. The minimum absolute atomic E-state index is 0.0647. The second-order valence-corrected chi connectivity index (χ2v) is 5.25. The number of nitrogens with zero attached hydrogens (tertiary/aromatic N) is 1. The molecule has 4 nitrogen and oxygen atoms in total. The smallest absolute Gasteiger partial charge is 0.407 e. The molecule has 1 saturated heterocycles. The van der Waals surface area contributed by atoms with Crippen LogP contribution in [0.5, 0.6) is 0 Å². The fourth-order valence-corrected chi connectivity index (χ4v) is 2.73. The van der Waals surface area contributed by atoms with Gasteiger partial charge in [0.1, 0.15) is 0 Å². The Labute approximate surface area is 109 Å². The van der Waals surface area contributed by atoms with Crippen molar-refractivity contribution in [1.82, 2.24) is 4.90 Å². The molecule has 0 unspecified atom stereocenters. The second-order valence-electron chi connectivity index (χ2n) is 4.33. The molecular formula is C12H15BrN2O2. The number of nitrogens with two attached hydrogens (primary N) is 1. The quantitative estimate of drug-likeness (QED) is 0.878. The maximum atomic E-state index is 11.1. The maximum absolute atomic E-state index is 11.1. The van der Waals surface area contributed by atoms with Crippen molar-refractivity contribution in [3.05, 3.63) is 34.3 Å². The molecular weight excluding hydrogens is 284 g/mol. The minimum atomic E-state index is -0.877. The van der Waals surface area contributed by atoms with Gasteiger partial charge in [0.15, 0.2) is 0 Å². The molecule has 1 aromatic rings. The molecule has 5 heteroatoms. The van der Waals surface area contributed by atoms with Gasteiger partial charge in [0.05, 0.1) is 6.04 Å². The predicted molar refractivity (Wildman–Crippen MR) is 69.0 cm³/mol. The van der Waals surface area contributed by atoms with E-state index in [2.05, 4.69) is 15.9 Å². The van der Waals surface area contributed by atoms with Gasteiger partial charge in [-0.15, -0.1) is 0 Å². The Morgan fingerprint density at radius 1 is 1.59 bits per heavy atom. The topological polar surface area (TPSA) is 66.6 Å². The molecule has 3 N–H and O–H groups in total. The van der Waals surface area contributed by atoms with E-state index in [1.54, 1.807) is 0 Å². The number of hydrogen-bond acceptors (Lipinski definition) is 2. The summed E-state index contributed by atoms with van der Waals surface area (Å²) in [7, 11) is 0. The van der Waals surface area contributed by atoms with Gasteiger partial charge >= 0.3 is 6.09 Å². The fourth-order valence-electron chi connectivity index (χ4n) is 2.28. The van der Waals surface area contributed by atoms with E-state index in [9.17, 15) is 4.79 Å². The molecule has 0 aromatic heterocycles. The van der Waals surface area contributed by atoms with E-state index in [0.717, 1.165) is 16.5 Å². The molecule has 2 rings (SSSR count). The fraction of sp³-hybridized carbons (Fsp3) is 0.417. The van der Waals surface area contributed by atoms with Crippen LogP contribution in [-0.2, 0) is 6.42 Å². The first-order valence-corrected chi connectivity index (χ1v) is 6.37. The van der Waals surface area contributed by atoms with E-state index >= 15 is 0 Å². The molecule has 92 valence electrons. The summed E-state index contributed by atoms with van der Waals surface area (Å²) in [6, 6.07) is 7.73. The van der Waals surface area contributed by atoms with Crippen LogP contribution in [0.25, 0.3) is 0 Å². The van der Waals surface area contributed by atoms with Crippen molar-refractivity contribution in [3.8, 4) is 0 Å². The van der Waals surface area contributed by atoms with Gasteiger partial charge in [-0.2, -0.15) is 0 Å². The van der Waals surface area contributed by atoms with Gasteiger partial charge in [-0.25, -0.2) is 4.79 Å². The molecule has 1 aliphatic heterocycles. The zero-order valence-corrected chi connectivity index (χ0v) is 10.9. The average Bonchev–Trinajstić information content (AvgIpc) is 2.61. The number of likely N-dealkylation sites (tertiary alicyclic amines) is 1. The monoisotopic (exact) mass is 298 g/mol. The van der Waals surface area contributed by atoms with Crippen LogP contribution in [0.15, 0.2) is 28.7 Å². The van der Waals surface area contributed by atoms with Crippen molar-refractivity contribution in [2.75, 3.05) is 6.54 Å². The molecule has 0 aliphatic carbocycles. The Balaban J connectivity index is 2.13. The molecule has 1 amide bonds. The molecule has 1 heterocycles. The predicted octanol–water partition coefficient (Wildman–Crippen LogP) is 2.07. The molecule has 0 radical (unpaired) electrons. The van der Waals surface area contributed by atoms with E-state index in [0.29, 0.717) is 13.0 Å². The number of carbonyl (C=O) groups is 1. The highest BCUT2D eigenvalue weighted by Gasteiger charge is 2.34. The number of carboxylic acid groups (broad SMARTS) is 1. The summed E-state index contributed by atoms with van der Waals surface area (Å²) in [6.45, 7) is 0.537. The van der Waals surface area contributed by atoms with Gasteiger partial charge in [0, 0.05) is 17.1 Å². The molecule has 17 heavy (non-hydrogen) atoms. The van der Waals surface area contributed by atoms with Crippen molar-refractivity contribution in [2.24, 2.45) is 5.73 Å². The van der Waals surface area contributed by atoms with Gasteiger partial charge in [-0.05, 0) is 30.5 Å².